The van der Waals surface area contributed by atoms with Crippen LogP contribution in [0.5, 0.6) is 0 Å². The molecule has 1 N–H and O–H groups in total. The van der Waals surface area contributed by atoms with Crippen molar-refractivity contribution in [2.24, 2.45) is 5.92 Å². The smallest absolute Gasteiger partial charge is 0.226 e. The van der Waals surface area contributed by atoms with Crippen LogP contribution in [0, 0.1) is 5.92 Å². The summed E-state index contributed by atoms with van der Waals surface area (Å²) in [6, 6.07) is 7.10. The van der Waals surface area contributed by atoms with Crippen molar-refractivity contribution in [3.8, 4) is 0 Å². The highest BCUT2D eigenvalue weighted by atomic mass is 16.2. The monoisotopic (exact) mass is 325 g/mol. The van der Waals surface area contributed by atoms with E-state index in [1.54, 1.807) is 0 Å². The molecule has 1 aliphatic carbocycles. The molecule has 2 aliphatic rings. The lowest BCUT2D eigenvalue weighted by molar-refractivity contribution is -0.137. The number of carbonyl (C=O) groups excluding carboxylic acids is 1. The molecule has 0 saturated carbocycles. The van der Waals surface area contributed by atoms with Crippen molar-refractivity contribution < 1.29 is 4.79 Å². The molecule has 0 radical (unpaired) electrons. The topological polar surface area (TPSA) is 39.3 Å². The van der Waals surface area contributed by atoms with Gasteiger partial charge in [-0.3, -0.25) is 4.79 Å². The number of likely N-dealkylation sites (N-methyl/N-ethyl adjacent to an activating group) is 1. The Balaban J connectivity index is 1.70. The fourth-order valence-corrected chi connectivity index (χ4v) is 4.91. The van der Waals surface area contributed by atoms with Crippen molar-refractivity contribution in [3.05, 3.63) is 35.5 Å². The Labute approximate surface area is 143 Å². The molecule has 2 aromatic rings. The van der Waals surface area contributed by atoms with Crippen LogP contribution in [-0.2, 0) is 11.2 Å². The predicted octanol–water partition coefficient (Wildman–Crippen LogP) is 3.00. The maximum Gasteiger partial charge on any atom is 0.226 e. The number of hydrogen-bond donors (Lipinski definition) is 1. The Morgan fingerprint density at radius 2 is 2.12 bits per heavy atom. The van der Waals surface area contributed by atoms with E-state index in [-0.39, 0.29) is 5.92 Å². The quantitative estimate of drug-likeness (QED) is 0.942. The number of benzene rings is 1. The second-order valence-electron chi connectivity index (χ2n) is 7.34. The lowest BCUT2D eigenvalue weighted by Crippen LogP contribution is -2.52. The number of nitrogens with zero attached hydrogens (tertiary/aromatic N) is 2. The zero-order chi connectivity index (χ0) is 16.8. The Morgan fingerprint density at radius 1 is 1.33 bits per heavy atom. The Morgan fingerprint density at radius 3 is 2.88 bits per heavy atom. The highest BCUT2D eigenvalue weighted by Gasteiger charge is 2.41. The third-order valence-corrected chi connectivity index (χ3v) is 6.15. The number of rotatable bonds is 3. The van der Waals surface area contributed by atoms with E-state index < -0.39 is 0 Å². The first-order valence-corrected chi connectivity index (χ1v) is 9.21. The summed E-state index contributed by atoms with van der Waals surface area (Å²) in [7, 11) is 2.19. The maximum atomic E-state index is 12.9. The fourth-order valence-electron chi connectivity index (χ4n) is 4.91. The standard InChI is InChI=1S/C20H27N3O/c1-4-23(5-2)20(24)14-9-16-15-7-6-8-17-19(15)13(11-21-17)10-18(16)22(3)12-14/h6-8,11,14,16,18,21H,4-5,9-10,12H2,1-3H3/t14?,16?,18-/m1/s1. The van der Waals surface area contributed by atoms with Gasteiger partial charge < -0.3 is 14.8 Å². The van der Waals surface area contributed by atoms with Crippen LogP contribution in [0.3, 0.4) is 0 Å². The van der Waals surface area contributed by atoms with Gasteiger partial charge in [-0.2, -0.15) is 0 Å². The molecule has 1 fully saturated rings. The first-order chi connectivity index (χ1) is 11.6. The minimum Gasteiger partial charge on any atom is -0.361 e. The van der Waals surface area contributed by atoms with Crippen molar-refractivity contribution in [1.82, 2.24) is 14.8 Å². The van der Waals surface area contributed by atoms with Gasteiger partial charge in [0.1, 0.15) is 0 Å². The predicted molar refractivity (Wildman–Crippen MR) is 97.2 cm³/mol. The molecule has 1 aromatic heterocycles. The van der Waals surface area contributed by atoms with E-state index in [1.807, 2.05) is 4.90 Å². The van der Waals surface area contributed by atoms with E-state index in [4.69, 9.17) is 0 Å². The van der Waals surface area contributed by atoms with E-state index in [2.05, 4.69) is 55.2 Å². The molecule has 2 unspecified atom stereocenters. The first kappa shape index (κ1) is 15.7. The molecule has 1 saturated heterocycles. The number of amides is 1. The average molecular weight is 325 g/mol. The van der Waals surface area contributed by atoms with Gasteiger partial charge in [0.25, 0.3) is 0 Å². The summed E-state index contributed by atoms with van der Waals surface area (Å²) in [4.78, 5) is 20.7. The summed E-state index contributed by atoms with van der Waals surface area (Å²) in [6.45, 7) is 6.64. The zero-order valence-corrected chi connectivity index (χ0v) is 14.9. The van der Waals surface area contributed by atoms with Crippen LogP contribution in [0.15, 0.2) is 24.4 Å². The minimum absolute atomic E-state index is 0.117. The fraction of sp³-hybridized carbons (Fsp3) is 0.550. The van der Waals surface area contributed by atoms with Crippen LogP contribution >= 0.6 is 0 Å². The summed E-state index contributed by atoms with van der Waals surface area (Å²) in [5.41, 5.74) is 4.10. The van der Waals surface area contributed by atoms with Crippen LogP contribution in [0.2, 0.25) is 0 Å². The molecule has 3 atom stereocenters. The molecule has 0 spiro atoms. The summed E-state index contributed by atoms with van der Waals surface area (Å²) >= 11 is 0. The zero-order valence-electron chi connectivity index (χ0n) is 14.9. The Bertz CT molecular complexity index is 761. The average Bonchev–Trinajstić information content (AvgIpc) is 3.01. The largest absolute Gasteiger partial charge is 0.361 e. The SMILES string of the molecule is CCN(CC)C(=O)C1CC2c3cccc4[nH]cc(c34)C[C@H]2N(C)C1. The molecule has 2 heterocycles. The van der Waals surface area contributed by atoms with Crippen molar-refractivity contribution in [1.29, 1.82) is 0 Å². The van der Waals surface area contributed by atoms with Crippen LogP contribution < -0.4 is 0 Å². The molecular formula is C20H27N3O. The van der Waals surface area contributed by atoms with Gasteiger partial charge >= 0.3 is 0 Å². The first-order valence-electron chi connectivity index (χ1n) is 9.21. The highest BCUT2D eigenvalue weighted by molar-refractivity contribution is 5.88. The minimum atomic E-state index is 0.117. The number of aromatic amines is 1. The van der Waals surface area contributed by atoms with Gasteiger partial charge in [0, 0.05) is 48.7 Å². The summed E-state index contributed by atoms with van der Waals surface area (Å²) in [6.07, 6.45) is 4.24. The number of hydrogen-bond acceptors (Lipinski definition) is 2. The molecule has 24 heavy (non-hydrogen) atoms. The van der Waals surface area contributed by atoms with Crippen LogP contribution in [0.25, 0.3) is 10.9 Å². The molecule has 1 aliphatic heterocycles. The van der Waals surface area contributed by atoms with Gasteiger partial charge in [-0.1, -0.05) is 12.1 Å². The second-order valence-corrected chi connectivity index (χ2v) is 7.34. The number of H-pyrrole nitrogens is 1. The molecule has 1 amide bonds. The van der Waals surface area contributed by atoms with Crippen LogP contribution in [-0.4, -0.2) is 53.4 Å². The van der Waals surface area contributed by atoms with Gasteiger partial charge in [0.05, 0.1) is 5.92 Å². The molecule has 4 nitrogen and oxygen atoms in total. The van der Waals surface area contributed by atoms with E-state index >= 15 is 0 Å². The van der Waals surface area contributed by atoms with Gasteiger partial charge in [-0.05, 0) is 50.9 Å². The molecule has 128 valence electrons. The maximum absolute atomic E-state index is 12.9. The van der Waals surface area contributed by atoms with Crippen molar-refractivity contribution >= 4 is 16.8 Å². The van der Waals surface area contributed by atoms with Crippen molar-refractivity contribution in [3.63, 3.8) is 0 Å². The van der Waals surface area contributed by atoms with Crippen LogP contribution in [0.4, 0.5) is 0 Å². The normalized spacial score (nSPS) is 26.4. The number of likely N-dealkylation sites (tertiary alicyclic amines) is 1. The van der Waals surface area contributed by atoms with Crippen molar-refractivity contribution in [2.75, 3.05) is 26.7 Å². The molecule has 1 aromatic carbocycles. The van der Waals surface area contributed by atoms with Gasteiger partial charge in [-0.15, -0.1) is 0 Å². The third kappa shape index (κ3) is 2.27. The number of aromatic nitrogens is 1. The van der Waals surface area contributed by atoms with Gasteiger partial charge in [-0.25, -0.2) is 0 Å². The second kappa shape index (κ2) is 5.92. The summed E-state index contributed by atoms with van der Waals surface area (Å²) in [5, 5.41) is 1.41. The Kier molecular flexibility index (Phi) is 3.87. The van der Waals surface area contributed by atoms with E-state index in [9.17, 15) is 4.79 Å². The Hall–Kier alpha value is -1.81. The van der Waals surface area contributed by atoms with E-state index in [0.29, 0.717) is 17.9 Å². The lowest BCUT2D eigenvalue weighted by atomic mass is 9.72. The summed E-state index contributed by atoms with van der Waals surface area (Å²) < 4.78 is 0. The lowest BCUT2D eigenvalue weighted by Gasteiger charge is -2.45. The number of fused-ring (bicyclic) bond motifs is 2. The number of carbonyl (C=O) groups is 1. The number of nitrogens with one attached hydrogen (secondary N) is 1. The molecule has 4 heteroatoms. The van der Waals surface area contributed by atoms with Gasteiger partial charge in [0.15, 0.2) is 0 Å². The van der Waals surface area contributed by atoms with Crippen LogP contribution in [0.1, 0.15) is 37.3 Å². The third-order valence-electron chi connectivity index (χ3n) is 6.15. The number of piperidine rings is 1. The molecule has 4 rings (SSSR count). The molecular weight excluding hydrogens is 298 g/mol. The summed E-state index contributed by atoms with van der Waals surface area (Å²) in [5.74, 6) is 0.907. The van der Waals surface area contributed by atoms with Crippen molar-refractivity contribution in [2.45, 2.75) is 38.6 Å². The highest BCUT2D eigenvalue weighted by Crippen LogP contribution is 2.44. The van der Waals surface area contributed by atoms with Gasteiger partial charge in [0.2, 0.25) is 5.91 Å². The van der Waals surface area contributed by atoms with E-state index in [0.717, 1.165) is 32.5 Å². The molecule has 0 bridgehead atoms. The van der Waals surface area contributed by atoms with E-state index in [1.165, 1.54) is 22.0 Å².